The molecule has 116 valence electrons. The van der Waals surface area contributed by atoms with Gasteiger partial charge in [0.05, 0.1) is 12.6 Å². The first kappa shape index (κ1) is 16.1. The van der Waals surface area contributed by atoms with Gasteiger partial charge in [-0.15, -0.1) is 0 Å². The van der Waals surface area contributed by atoms with Crippen LogP contribution in [0.4, 0.5) is 5.69 Å². The second-order valence-electron chi connectivity index (χ2n) is 5.83. The first-order valence-electron chi connectivity index (χ1n) is 7.74. The zero-order valence-electron chi connectivity index (χ0n) is 13.5. The highest BCUT2D eigenvalue weighted by molar-refractivity contribution is 5.81. The first-order valence-corrected chi connectivity index (χ1v) is 7.74. The number of carbonyl (C=O) groups excluding carboxylic acids is 1. The minimum Gasteiger partial charge on any atom is -0.376 e. The van der Waals surface area contributed by atoms with Crippen LogP contribution in [0.2, 0.25) is 0 Å². The van der Waals surface area contributed by atoms with E-state index in [0.29, 0.717) is 5.92 Å². The molecule has 22 heavy (non-hydrogen) atoms. The molecule has 0 aromatic heterocycles. The summed E-state index contributed by atoms with van der Waals surface area (Å²) in [6.07, 6.45) is 0. The van der Waals surface area contributed by atoms with Crippen LogP contribution >= 0.6 is 0 Å². The van der Waals surface area contributed by atoms with Crippen molar-refractivity contribution in [1.29, 1.82) is 0 Å². The molecule has 0 spiro atoms. The van der Waals surface area contributed by atoms with Crippen molar-refractivity contribution in [3.8, 4) is 0 Å². The molecular weight excluding hydrogens is 272 g/mol. The highest BCUT2D eigenvalue weighted by Gasteiger charge is 2.08. The lowest BCUT2D eigenvalue weighted by atomic mass is 10.0. The number of hydrogen-bond donors (Lipinski definition) is 2. The quantitative estimate of drug-likeness (QED) is 0.842. The molecule has 0 heterocycles. The average molecular weight is 296 g/mol. The van der Waals surface area contributed by atoms with Crippen LogP contribution in [0.1, 0.15) is 43.9 Å². The van der Waals surface area contributed by atoms with E-state index < -0.39 is 0 Å². The minimum atomic E-state index is -0.00992. The summed E-state index contributed by atoms with van der Waals surface area (Å²) >= 11 is 0. The summed E-state index contributed by atoms with van der Waals surface area (Å²) in [7, 11) is 0. The number of amides is 1. The summed E-state index contributed by atoms with van der Waals surface area (Å²) in [5.41, 5.74) is 3.37. The average Bonchev–Trinajstić information content (AvgIpc) is 2.54. The number of rotatable bonds is 6. The molecule has 0 fully saturated rings. The van der Waals surface area contributed by atoms with Gasteiger partial charge in [0.15, 0.2) is 0 Å². The van der Waals surface area contributed by atoms with Crippen molar-refractivity contribution in [1.82, 2.24) is 5.32 Å². The Labute approximate surface area is 132 Å². The number of nitrogens with one attached hydrogen (secondary N) is 2. The van der Waals surface area contributed by atoms with Gasteiger partial charge in [-0.2, -0.15) is 0 Å². The van der Waals surface area contributed by atoms with E-state index in [1.165, 1.54) is 5.56 Å². The van der Waals surface area contributed by atoms with Crippen molar-refractivity contribution < 1.29 is 4.79 Å². The number of hydrogen-bond acceptors (Lipinski definition) is 2. The molecule has 2 aromatic rings. The third-order valence-electron chi connectivity index (χ3n) is 3.71. The third-order valence-corrected chi connectivity index (χ3v) is 3.71. The van der Waals surface area contributed by atoms with E-state index >= 15 is 0 Å². The summed E-state index contributed by atoms with van der Waals surface area (Å²) in [6.45, 7) is 6.60. The van der Waals surface area contributed by atoms with Crippen molar-refractivity contribution in [2.45, 2.75) is 32.7 Å². The van der Waals surface area contributed by atoms with Gasteiger partial charge >= 0.3 is 0 Å². The van der Waals surface area contributed by atoms with Gasteiger partial charge in [0.2, 0.25) is 5.91 Å². The van der Waals surface area contributed by atoms with Crippen molar-refractivity contribution in [2.24, 2.45) is 0 Å². The van der Waals surface area contributed by atoms with E-state index in [9.17, 15) is 4.79 Å². The number of anilines is 1. The van der Waals surface area contributed by atoms with Crippen LogP contribution < -0.4 is 10.6 Å². The Bertz CT molecular complexity index is 591. The van der Waals surface area contributed by atoms with Crippen LogP contribution in [0.5, 0.6) is 0 Å². The van der Waals surface area contributed by atoms with Crippen LogP contribution in [0.25, 0.3) is 0 Å². The Kier molecular flexibility index (Phi) is 5.59. The van der Waals surface area contributed by atoms with Gasteiger partial charge in [-0.25, -0.2) is 0 Å². The zero-order valence-corrected chi connectivity index (χ0v) is 13.5. The molecule has 3 nitrogen and oxygen atoms in total. The van der Waals surface area contributed by atoms with Gasteiger partial charge in [0.1, 0.15) is 0 Å². The smallest absolute Gasteiger partial charge is 0.239 e. The summed E-state index contributed by atoms with van der Waals surface area (Å²) < 4.78 is 0. The molecule has 0 aliphatic rings. The Morgan fingerprint density at radius 1 is 0.909 bits per heavy atom. The van der Waals surface area contributed by atoms with E-state index in [1.807, 2.05) is 49.4 Å². The maximum Gasteiger partial charge on any atom is 0.239 e. The largest absolute Gasteiger partial charge is 0.376 e. The molecule has 1 atom stereocenters. The van der Waals surface area contributed by atoms with Crippen molar-refractivity contribution in [2.75, 3.05) is 11.9 Å². The molecule has 3 heteroatoms. The standard InChI is InChI=1S/C19H24N2O/c1-14(2)16-9-11-18(12-10-16)20-13-19(22)21-15(3)17-7-5-4-6-8-17/h4-12,14-15,20H,13H2,1-3H3,(H,21,22). The van der Waals surface area contributed by atoms with Crippen LogP contribution in [-0.4, -0.2) is 12.5 Å². The van der Waals surface area contributed by atoms with Crippen molar-refractivity contribution in [3.05, 3.63) is 65.7 Å². The molecule has 0 saturated carbocycles. The van der Waals surface area contributed by atoms with Gasteiger partial charge in [-0.3, -0.25) is 4.79 Å². The molecule has 0 aliphatic heterocycles. The summed E-state index contributed by atoms with van der Waals surface area (Å²) in [5, 5.41) is 6.15. The lowest BCUT2D eigenvalue weighted by Gasteiger charge is -2.15. The predicted octanol–water partition coefficient (Wildman–Crippen LogP) is 4.10. The molecule has 1 amide bonds. The van der Waals surface area contributed by atoms with Crippen molar-refractivity contribution >= 4 is 11.6 Å². The molecule has 2 N–H and O–H groups in total. The molecule has 0 bridgehead atoms. The highest BCUT2D eigenvalue weighted by atomic mass is 16.1. The summed E-state index contributed by atoms with van der Waals surface area (Å²) in [4.78, 5) is 12.0. The Balaban J connectivity index is 1.82. The SMILES string of the molecule is CC(C)c1ccc(NCC(=O)NC(C)c2ccccc2)cc1. The van der Waals surface area contributed by atoms with E-state index in [1.54, 1.807) is 0 Å². The molecule has 0 saturated heterocycles. The molecule has 0 radical (unpaired) electrons. The van der Waals surface area contributed by atoms with Gasteiger partial charge in [-0.05, 0) is 36.1 Å². The predicted molar refractivity (Wildman–Crippen MR) is 92.0 cm³/mol. The molecule has 0 aliphatic carbocycles. The lowest BCUT2D eigenvalue weighted by molar-refractivity contribution is -0.120. The Morgan fingerprint density at radius 2 is 1.55 bits per heavy atom. The second kappa shape index (κ2) is 7.64. The number of benzene rings is 2. The first-order chi connectivity index (χ1) is 10.6. The minimum absolute atomic E-state index is 0.00992. The topological polar surface area (TPSA) is 41.1 Å². The van der Waals surface area contributed by atoms with Crippen molar-refractivity contribution in [3.63, 3.8) is 0 Å². The van der Waals surface area contributed by atoms with E-state index in [0.717, 1.165) is 11.3 Å². The third kappa shape index (κ3) is 4.62. The fraction of sp³-hybridized carbons (Fsp3) is 0.316. The maximum atomic E-state index is 12.0. The van der Waals surface area contributed by atoms with E-state index in [-0.39, 0.29) is 18.5 Å². The lowest BCUT2D eigenvalue weighted by Crippen LogP contribution is -2.32. The summed E-state index contributed by atoms with van der Waals surface area (Å²) in [6, 6.07) is 18.2. The molecule has 2 rings (SSSR count). The maximum absolute atomic E-state index is 12.0. The zero-order chi connectivity index (χ0) is 15.9. The second-order valence-corrected chi connectivity index (χ2v) is 5.83. The van der Waals surface area contributed by atoms with Gasteiger partial charge in [-0.1, -0.05) is 56.3 Å². The highest BCUT2D eigenvalue weighted by Crippen LogP contribution is 2.17. The Hall–Kier alpha value is -2.29. The van der Waals surface area contributed by atoms with Crippen LogP contribution in [0, 0.1) is 0 Å². The van der Waals surface area contributed by atoms with Crippen LogP contribution in [0.15, 0.2) is 54.6 Å². The van der Waals surface area contributed by atoms with Gasteiger partial charge < -0.3 is 10.6 Å². The molecule has 1 unspecified atom stereocenters. The van der Waals surface area contributed by atoms with Crippen LogP contribution in [-0.2, 0) is 4.79 Å². The fourth-order valence-electron chi connectivity index (χ4n) is 2.29. The summed E-state index contributed by atoms with van der Waals surface area (Å²) in [5.74, 6) is 0.508. The normalized spacial score (nSPS) is 12.0. The molecule has 2 aromatic carbocycles. The monoisotopic (exact) mass is 296 g/mol. The molecular formula is C19H24N2O. The fourth-order valence-corrected chi connectivity index (χ4v) is 2.29. The van der Waals surface area contributed by atoms with Gasteiger partial charge in [0.25, 0.3) is 0 Å². The number of carbonyl (C=O) groups is 1. The van der Waals surface area contributed by atoms with E-state index in [4.69, 9.17) is 0 Å². The van der Waals surface area contributed by atoms with Gasteiger partial charge in [0, 0.05) is 5.69 Å². The van der Waals surface area contributed by atoms with Crippen LogP contribution in [0.3, 0.4) is 0 Å². The Morgan fingerprint density at radius 3 is 2.14 bits per heavy atom. The van der Waals surface area contributed by atoms with E-state index in [2.05, 4.69) is 36.6 Å².